The Morgan fingerprint density at radius 3 is 2.83 bits per heavy atom. The number of hydrogen-bond donors (Lipinski definition) is 1. The summed E-state index contributed by atoms with van der Waals surface area (Å²) in [5, 5.41) is 12.3. The van der Waals surface area contributed by atoms with Crippen LogP contribution in [-0.4, -0.2) is 43.3 Å². The van der Waals surface area contributed by atoms with Crippen molar-refractivity contribution in [1.29, 1.82) is 0 Å². The van der Waals surface area contributed by atoms with Crippen molar-refractivity contribution in [1.82, 2.24) is 29.7 Å². The van der Waals surface area contributed by atoms with Gasteiger partial charge in [0.15, 0.2) is 0 Å². The van der Waals surface area contributed by atoms with E-state index in [1.54, 1.807) is 9.36 Å². The van der Waals surface area contributed by atoms with E-state index in [0.717, 1.165) is 18.8 Å². The van der Waals surface area contributed by atoms with Crippen molar-refractivity contribution in [2.75, 3.05) is 13.6 Å². The first-order valence-electron chi connectivity index (χ1n) is 5.92. The Kier molecular flexibility index (Phi) is 4.06. The van der Waals surface area contributed by atoms with Gasteiger partial charge < -0.3 is 5.73 Å². The second kappa shape index (κ2) is 5.74. The second-order valence-electron chi connectivity index (χ2n) is 4.46. The largest absolute Gasteiger partial charge is 0.329 e. The van der Waals surface area contributed by atoms with Crippen molar-refractivity contribution in [3.63, 3.8) is 0 Å². The van der Waals surface area contributed by atoms with E-state index in [9.17, 15) is 0 Å². The molecule has 0 spiro atoms. The SMILES string of the molecule is CN(Cc1cnn(C)c1)Cc1cn(CCN)nn1. The van der Waals surface area contributed by atoms with Gasteiger partial charge in [-0.2, -0.15) is 5.10 Å². The molecule has 2 rings (SSSR count). The van der Waals surface area contributed by atoms with Crippen LogP contribution in [0.15, 0.2) is 18.6 Å². The molecule has 0 saturated carbocycles. The zero-order valence-electron chi connectivity index (χ0n) is 10.8. The minimum atomic E-state index is 0.578. The summed E-state index contributed by atoms with van der Waals surface area (Å²) in [5.74, 6) is 0. The average molecular weight is 249 g/mol. The van der Waals surface area contributed by atoms with Gasteiger partial charge in [-0.1, -0.05) is 5.21 Å². The van der Waals surface area contributed by atoms with E-state index >= 15 is 0 Å². The number of nitrogens with zero attached hydrogens (tertiary/aromatic N) is 6. The number of nitrogens with two attached hydrogens (primary N) is 1. The molecule has 7 heteroatoms. The van der Waals surface area contributed by atoms with Gasteiger partial charge in [0.1, 0.15) is 0 Å². The van der Waals surface area contributed by atoms with E-state index < -0.39 is 0 Å². The molecule has 18 heavy (non-hydrogen) atoms. The van der Waals surface area contributed by atoms with Crippen LogP contribution in [-0.2, 0) is 26.7 Å². The molecule has 0 aliphatic carbocycles. The number of aromatic nitrogens is 5. The van der Waals surface area contributed by atoms with Crippen LogP contribution in [0.3, 0.4) is 0 Å². The van der Waals surface area contributed by atoms with Gasteiger partial charge in [-0.25, -0.2) is 0 Å². The lowest BCUT2D eigenvalue weighted by Crippen LogP contribution is -2.17. The summed E-state index contributed by atoms with van der Waals surface area (Å²) >= 11 is 0. The van der Waals surface area contributed by atoms with E-state index in [1.165, 1.54) is 5.56 Å². The van der Waals surface area contributed by atoms with Crippen molar-refractivity contribution >= 4 is 0 Å². The van der Waals surface area contributed by atoms with E-state index in [-0.39, 0.29) is 0 Å². The van der Waals surface area contributed by atoms with Crippen LogP contribution >= 0.6 is 0 Å². The minimum absolute atomic E-state index is 0.578. The van der Waals surface area contributed by atoms with Gasteiger partial charge in [0, 0.05) is 44.6 Å². The normalized spacial score (nSPS) is 11.3. The molecule has 7 nitrogen and oxygen atoms in total. The summed E-state index contributed by atoms with van der Waals surface area (Å²) < 4.78 is 3.58. The molecule has 0 atom stereocenters. The molecule has 0 fully saturated rings. The highest BCUT2D eigenvalue weighted by Crippen LogP contribution is 2.05. The number of rotatable bonds is 6. The maximum absolute atomic E-state index is 5.47. The molecule has 0 bridgehead atoms. The Bertz CT molecular complexity index is 487. The Morgan fingerprint density at radius 1 is 1.33 bits per heavy atom. The maximum Gasteiger partial charge on any atom is 0.0967 e. The lowest BCUT2D eigenvalue weighted by molar-refractivity contribution is 0.315. The molecular formula is C11H19N7. The van der Waals surface area contributed by atoms with Gasteiger partial charge in [0.2, 0.25) is 0 Å². The van der Waals surface area contributed by atoms with Crippen LogP contribution in [0.5, 0.6) is 0 Å². The van der Waals surface area contributed by atoms with Crippen molar-refractivity contribution in [3.05, 3.63) is 29.8 Å². The number of aryl methyl sites for hydroxylation is 1. The van der Waals surface area contributed by atoms with Crippen molar-refractivity contribution < 1.29 is 0 Å². The lowest BCUT2D eigenvalue weighted by atomic mass is 10.3. The van der Waals surface area contributed by atoms with E-state index in [4.69, 9.17) is 5.73 Å². The summed E-state index contributed by atoms with van der Waals surface area (Å²) in [4.78, 5) is 2.17. The third kappa shape index (κ3) is 3.38. The number of hydrogen-bond acceptors (Lipinski definition) is 5. The van der Waals surface area contributed by atoms with Gasteiger partial charge >= 0.3 is 0 Å². The van der Waals surface area contributed by atoms with Gasteiger partial charge in [-0.15, -0.1) is 5.10 Å². The topological polar surface area (TPSA) is 77.8 Å². The fourth-order valence-corrected chi connectivity index (χ4v) is 1.85. The molecule has 2 heterocycles. The minimum Gasteiger partial charge on any atom is -0.329 e. The lowest BCUT2D eigenvalue weighted by Gasteiger charge is -2.13. The first kappa shape index (κ1) is 12.7. The zero-order chi connectivity index (χ0) is 13.0. The highest BCUT2D eigenvalue weighted by Gasteiger charge is 2.06. The third-order valence-corrected chi connectivity index (χ3v) is 2.59. The molecule has 0 unspecified atom stereocenters. The Morgan fingerprint density at radius 2 is 2.17 bits per heavy atom. The highest BCUT2D eigenvalue weighted by molar-refractivity contribution is 5.03. The van der Waals surface area contributed by atoms with Crippen LogP contribution in [0, 0.1) is 0 Å². The van der Waals surface area contributed by atoms with Gasteiger partial charge in [-0.3, -0.25) is 14.3 Å². The Labute approximate surface area is 106 Å². The van der Waals surface area contributed by atoms with Crippen LogP contribution in [0.25, 0.3) is 0 Å². The van der Waals surface area contributed by atoms with Gasteiger partial charge in [0.25, 0.3) is 0 Å². The summed E-state index contributed by atoms with van der Waals surface area (Å²) in [6.45, 7) is 2.89. The summed E-state index contributed by atoms with van der Waals surface area (Å²) in [7, 11) is 3.97. The monoisotopic (exact) mass is 249 g/mol. The molecule has 0 radical (unpaired) electrons. The Hall–Kier alpha value is -1.73. The fourth-order valence-electron chi connectivity index (χ4n) is 1.85. The van der Waals surface area contributed by atoms with Crippen LogP contribution in [0.1, 0.15) is 11.3 Å². The molecular weight excluding hydrogens is 230 g/mol. The molecule has 98 valence electrons. The van der Waals surface area contributed by atoms with Crippen LogP contribution in [0.2, 0.25) is 0 Å². The molecule has 0 amide bonds. The van der Waals surface area contributed by atoms with E-state index in [0.29, 0.717) is 13.1 Å². The highest BCUT2D eigenvalue weighted by atomic mass is 15.4. The predicted molar refractivity (Wildman–Crippen MR) is 67.5 cm³/mol. The summed E-state index contributed by atoms with van der Waals surface area (Å²) in [6, 6.07) is 0. The second-order valence-corrected chi connectivity index (χ2v) is 4.46. The molecule has 0 aromatic carbocycles. The molecule has 0 saturated heterocycles. The quantitative estimate of drug-likeness (QED) is 0.754. The molecule has 0 aliphatic heterocycles. The van der Waals surface area contributed by atoms with Crippen molar-refractivity contribution in [3.8, 4) is 0 Å². The van der Waals surface area contributed by atoms with E-state index in [1.807, 2.05) is 25.6 Å². The van der Waals surface area contributed by atoms with Gasteiger partial charge in [0.05, 0.1) is 18.4 Å². The van der Waals surface area contributed by atoms with Crippen molar-refractivity contribution in [2.45, 2.75) is 19.6 Å². The molecule has 2 aromatic heterocycles. The van der Waals surface area contributed by atoms with Crippen LogP contribution < -0.4 is 5.73 Å². The molecule has 2 N–H and O–H groups in total. The van der Waals surface area contributed by atoms with Crippen molar-refractivity contribution in [2.24, 2.45) is 12.8 Å². The fraction of sp³-hybridized carbons (Fsp3) is 0.545. The van der Waals surface area contributed by atoms with Crippen LogP contribution in [0.4, 0.5) is 0 Å². The summed E-state index contributed by atoms with van der Waals surface area (Å²) in [5.41, 5.74) is 7.61. The predicted octanol–water partition coefficient (Wildman–Crippen LogP) is -0.398. The third-order valence-electron chi connectivity index (χ3n) is 2.59. The zero-order valence-corrected chi connectivity index (χ0v) is 10.8. The van der Waals surface area contributed by atoms with E-state index in [2.05, 4.69) is 27.4 Å². The summed E-state index contributed by atoms with van der Waals surface area (Å²) in [6.07, 6.45) is 5.83. The maximum atomic E-state index is 5.47. The molecule has 2 aromatic rings. The standard InChI is InChI=1S/C11H19N7/c1-16(6-10-5-13-17(2)7-10)8-11-9-18(4-3-12)15-14-11/h5,7,9H,3-4,6,8,12H2,1-2H3. The first-order valence-corrected chi connectivity index (χ1v) is 5.92. The Balaban J connectivity index is 1.88. The van der Waals surface area contributed by atoms with Gasteiger partial charge in [-0.05, 0) is 7.05 Å². The smallest absolute Gasteiger partial charge is 0.0967 e. The average Bonchev–Trinajstić information content (AvgIpc) is 2.89. The first-order chi connectivity index (χ1) is 8.67. The molecule has 0 aliphatic rings.